The number of benzene rings is 2. The van der Waals surface area contributed by atoms with Crippen LogP contribution in [-0.2, 0) is 21.4 Å². The minimum Gasteiger partial charge on any atom is -0.455 e. The summed E-state index contributed by atoms with van der Waals surface area (Å²) < 4.78 is 33.4. The van der Waals surface area contributed by atoms with Gasteiger partial charge in [-0.05, 0) is 49.7 Å². The summed E-state index contributed by atoms with van der Waals surface area (Å²) in [4.78, 5) is 16.7. The molecule has 0 aliphatic heterocycles. The Morgan fingerprint density at radius 2 is 1.89 bits per heavy atom. The molecule has 0 bridgehead atoms. The third-order valence-electron chi connectivity index (χ3n) is 4.03. The average Bonchev–Trinajstić information content (AvgIpc) is 3.08. The summed E-state index contributed by atoms with van der Waals surface area (Å²) in [6, 6.07) is 13.3. The van der Waals surface area contributed by atoms with Crippen molar-refractivity contribution in [2.75, 3.05) is 0 Å². The highest BCUT2D eigenvalue weighted by Gasteiger charge is 2.17. The van der Waals surface area contributed by atoms with Gasteiger partial charge in [0.2, 0.25) is 10.0 Å². The first-order chi connectivity index (χ1) is 12.9. The maximum Gasteiger partial charge on any atom is 0.338 e. The fraction of sp³-hybridized carbons (Fsp3) is 0.263. The van der Waals surface area contributed by atoms with Gasteiger partial charge in [-0.3, -0.25) is 0 Å². The van der Waals surface area contributed by atoms with Crippen molar-refractivity contribution in [1.82, 2.24) is 9.71 Å². The van der Waals surface area contributed by atoms with Crippen molar-refractivity contribution in [3.63, 3.8) is 0 Å². The summed E-state index contributed by atoms with van der Waals surface area (Å²) in [6.45, 7) is 3.77. The second-order valence-electron chi connectivity index (χ2n) is 6.11. The zero-order valence-corrected chi connectivity index (χ0v) is 16.6. The van der Waals surface area contributed by atoms with Crippen LogP contribution in [-0.4, -0.2) is 25.4 Å². The van der Waals surface area contributed by atoms with Crippen molar-refractivity contribution in [3.05, 3.63) is 59.1 Å². The molecule has 8 heteroatoms. The number of nitrogens with zero attached hydrogens (tertiary/aromatic N) is 1. The van der Waals surface area contributed by atoms with Gasteiger partial charge in [-0.25, -0.2) is 22.9 Å². The topological polar surface area (TPSA) is 85.4 Å². The largest absolute Gasteiger partial charge is 0.455 e. The van der Waals surface area contributed by atoms with Crippen LogP contribution in [0.1, 0.15) is 35.6 Å². The molecule has 0 aliphatic carbocycles. The van der Waals surface area contributed by atoms with E-state index in [1.165, 1.54) is 35.6 Å². The van der Waals surface area contributed by atoms with Crippen molar-refractivity contribution >= 4 is 37.5 Å². The highest BCUT2D eigenvalue weighted by molar-refractivity contribution is 7.89. The summed E-state index contributed by atoms with van der Waals surface area (Å²) in [7, 11) is -3.59. The second-order valence-corrected chi connectivity index (χ2v) is 8.94. The maximum absolute atomic E-state index is 12.2. The van der Waals surface area contributed by atoms with Crippen LogP contribution in [0.25, 0.3) is 10.2 Å². The summed E-state index contributed by atoms with van der Waals surface area (Å²) in [5, 5.41) is 0.710. The molecule has 27 heavy (non-hydrogen) atoms. The van der Waals surface area contributed by atoms with Gasteiger partial charge in [0.1, 0.15) is 11.6 Å². The van der Waals surface area contributed by atoms with Crippen molar-refractivity contribution in [2.45, 2.75) is 37.8 Å². The first-order valence-electron chi connectivity index (χ1n) is 8.53. The maximum atomic E-state index is 12.2. The molecule has 142 valence electrons. The number of esters is 1. The van der Waals surface area contributed by atoms with Crippen LogP contribution < -0.4 is 4.72 Å². The Kier molecular flexibility index (Phi) is 5.88. The molecule has 1 N–H and O–H groups in total. The first kappa shape index (κ1) is 19.5. The molecule has 1 unspecified atom stereocenters. The minimum atomic E-state index is -3.59. The summed E-state index contributed by atoms with van der Waals surface area (Å²) in [5.41, 5.74) is 1.16. The number of carbonyl (C=O) groups is 1. The average molecular weight is 405 g/mol. The molecule has 0 saturated carbocycles. The van der Waals surface area contributed by atoms with E-state index in [0.717, 1.165) is 10.2 Å². The van der Waals surface area contributed by atoms with Crippen molar-refractivity contribution in [1.29, 1.82) is 0 Å². The fourth-order valence-corrected chi connectivity index (χ4v) is 4.59. The van der Waals surface area contributed by atoms with Gasteiger partial charge in [0.15, 0.2) is 0 Å². The predicted octanol–water partition coefficient (Wildman–Crippen LogP) is 3.73. The number of hydrogen-bond donors (Lipinski definition) is 1. The lowest BCUT2D eigenvalue weighted by molar-refractivity contribution is 0.0472. The summed E-state index contributed by atoms with van der Waals surface area (Å²) in [6.07, 6.45) is 0.690. The van der Waals surface area contributed by atoms with E-state index < -0.39 is 16.0 Å². The van der Waals surface area contributed by atoms with Gasteiger partial charge in [-0.2, -0.15) is 0 Å². The van der Waals surface area contributed by atoms with E-state index >= 15 is 0 Å². The van der Waals surface area contributed by atoms with Crippen LogP contribution in [0.2, 0.25) is 0 Å². The Labute approximate surface area is 162 Å². The first-order valence-corrected chi connectivity index (χ1v) is 10.8. The van der Waals surface area contributed by atoms with Crippen molar-refractivity contribution in [2.24, 2.45) is 0 Å². The summed E-state index contributed by atoms with van der Waals surface area (Å²) >= 11 is 1.47. The number of rotatable bonds is 7. The van der Waals surface area contributed by atoms with E-state index in [0.29, 0.717) is 17.0 Å². The van der Waals surface area contributed by atoms with Gasteiger partial charge in [0, 0.05) is 6.04 Å². The number of ether oxygens (including phenoxy) is 1. The molecule has 1 aromatic heterocycles. The third kappa shape index (κ3) is 4.71. The highest BCUT2D eigenvalue weighted by Crippen LogP contribution is 2.22. The van der Waals surface area contributed by atoms with Crippen LogP contribution in [0.3, 0.4) is 0 Å². The Morgan fingerprint density at radius 1 is 1.19 bits per heavy atom. The quantitative estimate of drug-likeness (QED) is 0.607. The van der Waals surface area contributed by atoms with Crippen LogP contribution in [0.15, 0.2) is 53.4 Å². The molecule has 3 rings (SSSR count). The van der Waals surface area contributed by atoms with Gasteiger partial charge >= 0.3 is 5.97 Å². The molecule has 6 nitrogen and oxygen atoms in total. The van der Waals surface area contributed by atoms with Crippen molar-refractivity contribution in [3.8, 4) is 0 Å². The molecular formula is C19H20N2O4S2. The van der Waals surface area contributed by atoms with Crippen LogP contribution in [0, 0.1) is 0 Å². The smallest absolute Gasteiger partial charge is 0.338 e. The number of fused-ring (bicyclic) bond motifs is 1. The lowest BCUT2D eigenvalue weighted by Gasteiger charge is -2.12. The Bertz CT molecular complexity index is 1010. The zero-order chi connectivity index (χ0) is 19.4. The zero-order valence-electron chi connectivity index (χ0n) is 15.0. The Hall–Kier alpha value is -2.29. The van der Waals surface area contributed by atoms with E-state index in [4.69, 9.17) is 4.74 Å². The van der Waals surface area contributed by atoms with Crippen LogP contribution in [0.4, 0.5) is 0 Å². The molecule has 0 amide bonds. The van der Waals surface area contributed by atoms with Gasteiger partial charge < -0.3 is 4.74 Å². The molecule has 3 aromatic rings. The SMILES string of the molecule is CCC(C)NS(=O)(=O)c1ccc(C(=O)OCc2nc3ccccc3s2)cc1. The lowest BCUT2D eigenvalue weighted by Crippen LogP contribution is -2.32. The van der Waals surface area contributed by atoms with Gasteiger partial charge in [0.05, 0.1) is 20.7 Å². The van der Waals surface area contributed by atoms with E-state index in [1.807, 2.05) is 31.2 Å². The molecule has 1 atom stereocenters. The van der Waals surface area contributed by atoms with Crippen molar-refractivity contribution < 1.29 is 17.9 Å². The molecular weight excluding hydrogens is 384 g/mol. The monoisotopic (exact) mass is 404 g/mol. The Morgan fingerprint density at radius 3 is 2.56 bits per heavy atom. The Balaban J connectivity index is 1.65. The number of hydrogen-bond acceptors (Lipinski definition) is 6. The van der Waals surface area contributed by atoms with E-state index in [2.05, 4.69) is 9.71 Å². The number of carbonyl (C=O) groups excluding carboxylic acids is 1. The van der Waals surface area contributed by atoms with E-state index in [1.54, 1.807) is 6.92 Å². The third-order valence-corrected chi connectivity index (χ3v) is 6.65. The molecule has 0 saturated heterocycles. The van der Waals surface area contributed by atoms with E-state index in [-0.39, 0.29) is 17.5 Å². The normalized spacial score (nSPS) is 12.8. The molecule has 0 fully saturated rings. The molecule has 0 radical (unpaired) electrons. The minimum absolute atomic E-state index is 0.0772. The number of sulfonamides is 1. The molecule has 0 spiro atoms. The van der Waals surface area contributed by atoms with E-state index in [9.17, 15) is 13.2 Å². The van der Waals surface area contributed by atoms with Gasteiger partial charge in [-0.15, -0.1) is 11.3 Å². The number of aromatic nitrogens is 1. The standard InChI is InChI=1S/C19H20N2O4S2/c1-3-13(2)21-27(23,24)15-10-8-14(9-11-15)19(22)25-12-18-20-16-6-4-5-7-17(16)26-18/h4-11,13,21H,3,12H2,1-2H3. The fourth-order valence-electron chi connectivity index (χ4n) is 2.38. The van der Waals surface area contributed by atoms with Gasteiger partial charge in [0.25, 0.3) is 0 Å². The predicted molar refractivity (Wildman–Crippen MR) is 105 cm³/mol. The van der Waals surface area contributed by atoms with Crippen LogP contribution >= 0.6 is 11.3 Å². The highest BCUT2D eigenvalue weighted by atomic mass is 32.2. The van der Waals surface area contributed by atoms with Crippen LogP contribution in [0.5, 0.6) is 0 Å². The molecule has 0 aliphatic rings. The summed E-state index contributed by atoms with van der Waals surface area (Å²) in [5.74, 6) is -0.520. The second kappa shape index (κ2) is 8.16. The number of para-hydroxylation sites is 1. The number of thiazole rings is 1. The molecule has 1 heterocycles. The van der Waals surface area contributed by atoms with Gasteiger partial charge in [-0.1, -0.05) is 19.1 Å². The lowest BCUT2D eigenvalue weighted by atomic mass is 10.2. The number of nitrogens with one attached hydrogen (secondary N) is 1. The molecule has 2 aromatic carbocycles.